The van der Waals surface area contributed by atoms with Gasteiger partial charge in [-0.1, -0.05) is 6.07 Å². The number of hydrogen-bond acceptors (Lipinski definition) is 5. The average molecular weight is 288 g/mol. The van der Waals surface area contributed by atoms with Gasteiger partial charge >= 0.3 is 0 Å². The molecule has 5 nitrogen and oxygen atoms in total. The number of benzene rings is 1. The van der Waals surface area contributed by atoms with Gasteiger partial charge in [-0.15, -0.1) is 0 Å². The number of likely N-dealkylation sites (tertiary alicyclic amines) is 1. The summed E-state index contributed by atoms with van der Waals surface area (Å²) < 4.78 is 11.4. The number of hydrogen-bond donors (Lipinski definition) is 0. The molecule has 0 aromatic heterocycles. The Labute approximate surface area is 124 Å². The number of likely N-dealkylation sites (N-methyl/N-ethyl adjacent to an activating group) is 1. The highest BCUT2D eigenvalue weighted by molar-refractivity contribution is 5.47. The molecule has 0 N–H and O–H groups in total. The van der Waals surface area contributed by atoms with Crippen LogP contribution >= 0.6 is 0 Å². The van der Waals surface area contributed by atoms with E-state index in [1.54, 1.807) is 13.2 Å². The second kappa shape index (κ2) is 5.51. The molecule has 3 rings (SSSR count). The fourth-order valence-electron chi connectivity index (χ4n) is 3.01. The van der Waals surface area contributed by atoms with Crippen LogP contribution in [-0.2, 0) is 10.3 Å². The van der Waals surface area contributed by atoms with Gasteiger partial charge in [0, 0.05) is 13.1 Å². The molecule has 1 aromatic carbocycles. The van der Waals surface area contributed by atoms with Gasteiger partial charge in [0.2, 0.25) is 6.08 Å². The molecule has 1 aliphatic heterocycles. The molecule has 1 aliphatic carbocycles. The van der Waals surface area contributed by atoms with Crippen LogP contribution in [-0.4, -0.2) is 44.3 Å². The summed E-state index contributed by atoms with van der Waals surface area (Å²) in [5.74, 6) is 1.46. The molecule has 1 heterocycles. The summed E-state index contributed by atoms with van der Waals surface area (Å²) in [6.07, 6.45) is 4.80. The van der Waals surface area contributed by atoms with Gasteiger partial charge in [-0.3, -0.25) is 4.90 Å². The average Bonchev–Trinajstić information content (AvgIpc) is 2.41. The van der Waals surface area contributed by atoms with E-state index in [4.69, 9.17) is 9.47 Å². The molecule has 1 saturated carbocycles. The Bertz CT molecular complexity index is 571. The summed E-state index contributed by atoms with van der Waals surface area (Å²) in [7, 11) is 3.70. The van der Waals surface area contributed by atoms with Crippen LogP contribution in [0.3, 0.4) is 0 Å². The summed E-state index contributed by atoms with van der Waals surface area (Å²) in [6.45, 7) is 1.87. The molecule has 0 unspecified atom stereocenters. The Kier molecular flexibility index (Phi) is 3.70. The lowest BCUT2D eigenvalue weighted by atomic mass is 9.72. The maximum atomic E-state index is 10.7. The van der Waals surface area contributed by atoms with E-state index in [0.29, 0.717) is 5.75 Å². The lowest BCUT2D eigenvalue weighted by Gasteiger charge is -2.38. The van der Waals surface area contributed by atoms with Crippen LogP contribution in [0.15, 0.2) is 23.2 Å². The van der Waals surface area contributed by atoms with E-state index < -0.39 is 5.54 Å². The van der Waals surface area contributed by atoms with Crippen molar-refractivity contribution in [3.63, 3.8) is 0 Å². The molecule has 0 radical (unpaired) electrons. The summed E-state index contributed by atoms with van der Waals surface area (Å²) in [6, 6.07) is 5.85. The minimum absolute atomic E-state index is 0.223. The third kappa shape index (κ3) is 2.55. The monoisotopic (exact) mass is 288 g/mol. The second-order valence-corrected chi connectivity index (χ2v) is 5.91. The van der Waals surface area contributed by atoms with Crippen molar-refractivity contribution in [3.05, 3.63) is 23.8 Å². The molecule has 0 atom stereocenters. The Morgan fingerprint density at radius 2 is 2.10 bits per heavy atom. The van der Waals surface area contributed by atoms with Gasteiger partial charge in [0.1, 0.15) is 6.10 Å². The summed E-state index contributed by atoms with van der Waals surface area (Å²) in [4.78, 5) is 16.9. The van der Waals surface area contributed by atoms with Gasteiger partial charge in [0.25, 0.3) is 0 Å². The summed E-state index contributed by atoms with van der Waals surface area (Å²) in [5, 5.41) is 0. The maximum Gasteiger partial charge on any atom is 0.235 e. The highest BCUT2D eigenvalue weighted by Crippen LogP contribution is 2.46. The molecular formula is C16H20N2O3. The van der Waals surface area contributed by atoms with E-state index in [1.165, 1.54) is 0 Å². The topological polar surface area (TPSA) is 51.1 Å². The molecule has 112 valence electrons. The lowest BCUT2D eigenvalue weighted by Crippen LogP contribution is -2.51. The smallest absolute Gasteiger partial charge is 0.235 e. The quantitative estimate of drug-likeness (QED) is 0.615. The SMILES string of the molecule is COc1cc(C2(N=C=O)CCC2)ccc1OC1CN(C)C1. The first-order chi connectivity index (χ1) is 10.2. The first kappa shape index (κ1) is 14.1. The van der Waals surface area contributed by atoms with E-state index in [2.05, 4.69) is 16.9 Å². The second-order valence-electron chi connectivity index (χ2n) is 5.91. The minimum Gasteiger partial charge on any atom is -0.493 e. The van der Waals surface area contributed by atoms with E-state index in [1.807, 2.05) is 18.2 Å². The number of methoxy groups -OCH3 is 1. The van der Waals surface area contributed by atoms with Crippen LogP contribution < -0.4 is 9.47 Å². The van der Waals surface area contributed by atoms with Crippen LogP contribution in [0.5, 0.6) is 11.5 Å². The molecule has 5 heteroatoms. The van der Waals surface area contributed by atoms with Crippen molar-refractivity contribution >= 4 is 6.08 Å². The number of aliphatic imine (C=N–C) groups is 1. The van der Waals surface area contributed by atoms with Gasteiger partial charge in [-0.05, 0) is 44.0 Å². The molecule has 1 aromatic rings. The van der Waals surface area contributed by atoms with Crippen LogP contribution in [0.4, 0.5) is 0 Å². The predicted molar refractivity (Wildman–Crippen MR) is 78.6 cm³/mol. The van der Waals surface area contributed by atoms with Crippen LogP contribution in [0, 0.1) is 0 Å². The molecule has 21 heavy (non-hydrogen) atoms. The number of ether oxygens (including phenoxy) is 2. The van der Waals surface area contributed by atoms with Gasteiger partial charge in [0.15, 0.2) is 11.5 Å². The zero-order valence-corrected chi connectivity index (χ0v) is 12.5. The number of carbonyl (C=O) groups excluding carboxylic acids is 1. The van der Waals surface area contributed by atoms with Gasteiger partial charge < -0.3 is 9.47 Å². The molecule has 2 fully saturated rings. The minimum atomic E-state index is -0.399. The van der Waals surface area contributed by atoms with Crippen molar-refractivity contribution in [1.82, 2.24) is 4.90 Å². The van der Waals surface area contributed by atoms with Crippen molar-refractivity contribution in [3.8, 4) is 11.5 Å². The number of nitrogens with zero attached hydrogens (tertiary/aromatic N) is 2. The largest absolute Gasteiger partial charge is 0.493 e. The highest BCUT2D eigenvalue weighted by Gasteiger charge is 2.39. The van der Waals surface area contributed by atoms with Crippen molar-refractivity contribution in [1.29, 1.82) is 0 Å². The standard InChI is InChI=1S/C16H20N2O3/c1-18-9-13(10-18)21-14-5-4-12(8-15(14)20-2)16(17-11-19)6-3-7-16/h4-5,8,13H,3,6-7,9-10H2,1-2H3. The van der Waals surface area contributed by atoms with Crippen molar-refractivity contribution in [2.75, 3.05) is 27.2 Å². The van der Waals surface area contributed by atoms with E-state index in [-0.39, 0.29) is 6.10 Å². The van der Waals surface area contributed by atoms with Gasteiger partial charge in [-0.2, -0.15) is 4.99 Å². The van der Waals surface area contributed by atoms with Gasteiger partial charge in [0.05, 0.1) is 12.6 Å². The van der Waals surface area contributed by atoms with Crippen LogP contribution in [0.2, 0.25) is 0 Å². The first-order valence-electron chi connectivity index (χ1n) is 7.29. The fourth-order valence-corrected chi connectivity index (χ4v) is 3.01. The molecular weight excluding hydrogens is 268 g/mol. The van der Waals surface area contributed by atoms with E-state index in [9.17, 15) is 4.79 Å². The molecule has 0 amide bonds. The van der Waals surface area contributed by atoms with Crippen LogP contribution in [0.25, 0.3) is 0 Å². The third-order valence-electron chi connectivity index (χ3n) is 4.47. The predicted octanol–water partition coefficient (Wildman–Crippen LogP) is 2.10. The van der Waals surface area contributed by atoms with Gasteiger partial charge in [-0.25, -0.2) is 4.79 Å². The number of isocyanates is 1. The fraction of sp³-hybridized carbons (Fsp3) is 0.562. The van der Waals surface area contributed by atoms with Crippen molar-refractivity contribution in [2.24, 2.45) is 4.99 Å². The Balaban J connectivity index is 1.83. The lowest BCUT2D eigenvalue weighted by molar-refractivity contribution is 0.0369. The molecule has 1 saturated heterocycles. The molecule has 0 bridgehead atoms. The Morgan fingerprint density at radius 1 is 1.33 bits per heavy atom. The zero-order valence-electron chi connectivity index (χ0n) is 12.5. The first-order valence-corrected chi connectivity index (χ1v) is 7.29. The van der Waals surface area contributed by atoms with E-state index >= 15 is 0 Å². The van der Waals surface area contributed by atoms with Crippen LogP contribution in [0.1, 0.15) is 24.8 Å². The zero-order chi connectivity index (χ0) is 14.9. The highest BCUT2D eigenvalue weighted by atomic mass is 16.5. The third-order valence-corrected chi connectivity index (χ3v) is 4.47. The van der Waals surface area contributed by atoms with E-state index in [0.717, 1.165) is 43.7 Å². The Morgan fingerprint density at radius 3 is 2.62 bits per heavy atom. The Hall–Kier alpha value is -1.84. The van der Waals surface area contributed by atoms with Crippen molar-refractivity contribution < 1.29 is 14.3 Å². The van der Waals surface area contributed by atoms with Crippen molar-refractivity contribution in [2.45, 2.75) is 30.9 Å². The number of rotatable bonds is 5. The molecule has 0 spiro atoms. The molecule has 2 aliphatic rings. The summed E-state index contributed by atoms with van der Waals surface area (Å²) >= 11 is 0. The maximum absolute atomic E-state index is 10.7. The normalized spacial score (nSPS) is 20.9. The summed E-state index contributed by atoms with van der Waals surface area (Å²) in [5.41, 5.74) is 0.608.